The van der Waals surface area contributed by atoms with E-state index >= 15 is 0 Å². The molecule has 0 unspecified atom stereocenters. The molecule has 0 aliphatic heterocycles. The van der Waals surface area contributed by atoms with Gasteiger partial charge in [0.15, 0.2) is 0 Å². The number of nitrogens with two attached hydrogens (primary N) is 1. The molecule has 0 saturated carbocycles. The highest BCUT2D eigenvalue weighted by Gasteiger charge is 2.17. The minimum atomic E-state index is 0.409. The van der Waals surface area contributed by atoms with Crippen LogP contribution in [0.3, 0.4) is 0 Å². The number of aromatic nitrogens is 2. The first kappa shape index (κ1) is 16.7. The zero-order valence-electron chi connectivity index (χ0n) is 13.7. The number of halogens is 2. The maximum atomic E-state index is 6.20. The molecule has 5 heteroatoms. The highest BCUT2D eigenvalue weighted by atomic mass is 35.5. The van der Waals surface area contributed by atoms with Crippen molar-refractivity contribution < 1.29 is 0 Å². The van der Waals surface area contributed by atoms with Gasteiger partial charge in [-0.3, -0.25) is 0 Å². The molecule has 0 spiro atoms. The second-order valence-corrected chi connectivity index (χ2v) is 6.73. The van der Waals surface area contributed by atoms with Gasteiger partial charge < -0.3 is 10.7 Å². The largest absolute Gasteiger partial charge is 0.397 e. The molecule has 3 aromatic carbocycles. The van der Waals surface area contributed by atoms with Gasteiger partial charge in [0.25, 0.3) is 0 Å². The zero-order valence-corrected chi connectivity index (χ0v) is 15.2. The quantitative estimate of drug-likeness (QED) is 0.410. The van der Waals surface area contributed by atoms with E-state index in [1.165, 1.54) is 0 Å². The summed E-state index contributed by atoms with van der Waals surface area (Å²) in [5, 5.41) is 0.921. The van der Waals surface area contributed by atoms with E-state index in [0.29, 0.717) is 27.1 Å². The van der Waals surface area contributed by atoms with E-state index in [4.69, 9.17) is 33.9 Å². The topological polar surface area (TPSA) is 54.7 Å². The van der Waals surface area contributed by atoms with Crippen LogP contribution in [0.25, 0.3) is 33.9 Å². The Kier molecular flexibility index (Phi) is 4.41. The third-order valence-corrected chi connectivity index (χ3v) is 4.69. The first-order valence-corrected chi connectivity index (χ1v) is 8.85. The Morgan fingerprint density at radius 1 is 0.808 bits per heavy atom. The first-order chi connectivity index (χ1) is 12.6. The van der Waals surface area contributed by atoms with Crippen molar-refractivity contribution in [3.05, 3.63) is 82.8 Å². The van der Waals surface area contributed by atoms with Crippen molar-refractivity contribution in [3.8, 4) is 33.9 Å². The van der Waals surface area contributed by atoms with E-state index in [0.717, 1.165) is 22.5 Å². The Balaban J connectivity index is 1.96. The molecule has 0 aliphatic rings. The van der Waals surface area contributed by atoms with Crippen molar-refractivity contribution in [1.29, 1.82) is 0 Å². The van der Waals surface area contributed by atoms with Crippen LogP contribution in [-0.4, -0.2) is 9.97 Å². The third-order valence-electron chi connectivity index (χ3n) is 4.16. The second kappa shape index (κ2) is 6.87. The average Bonchev–Trinajstić information content (AvgIpc) is 3.11. The molecule has 0 radical (unpaired) electrons. The molecular weight excluding hydrogens is 365 g/mol. The lowest BCUT2D eigenvalue weighted by atomic mass is 10.1. The summed E-state index contributed by atoms with van der Waals surface area (Å²) < 4.78 is 0. The molecule has 0 bridgehead atoms. The van der Waals surface area contributed by atoms with Gasteiger partial charge in [-0.1, -0.05) is 83.9 Å². The minimum Gasteiger partial charge on any atom is -0.397 e. The zero-order chi connectivity index (χ0) is 18.1. The molecule has 0 fully saturated rings. The summed E-state index contributed by atoms with van der Waals surface area (Å²) in [4.78, 5) is 8.22. The van der Waals surface area contributed by atoms with Gasteiger partial charge in [-0.2, -0.15) is 0 Å². The molecule has 0 amide bonds. The Labute approximate surface area is 161 Å². The van der Waals surface area contributed by atoms with E-state index in [9.17, 15) is 0 Å². The number of nitrogens with zero attached hydrogens (tertiary/aromatic N) is 1. The summed E-state index contributed by atoms with van der Waals surface area (Å²) >= 11 is 12.4. The molecule has 4 rings (SSSR count). The van der Waals surface area contributed by atoms with Crippen molar-refractivity contribution in [1.82, 2.24) is 9.97 Å². The number of imidazole rings is 1. The molecule has 3 nitrogen and oxygen atoms in total. The van der Waals surface area contributed by atoms with Crippen molar-refractivity contribution in [2.45, 2.75) is 0 Å². The molecule has 26 heavy (non-hydrogen) atoms. The maximum absolute atomic E-state index is 6.20. The van der Waals surface area contributed by atoms with Gasteiger partial charge >= 0.3 is 0 Å². The number of aromatic amines is 1. The highest BCUT2D eigenvalue weighted by Crippen LogP contribution is 2.37. The minimum absolute atomic E-state index is 0.409. The van der Waals surface area contributed by atoms with Crippen LogP contribution in [0.4, 0.5) is 5.69 Å². The first-order valence-electron chi connectivity index (χ1n) is 8.09. The molecule has 1 aromatic heterocycles. The van der Waals surface area contributed by atoms with Crippen molar-refractivity contribution >= 4 is 28.9 Å². The second-order valence-electron chi connectivity index (χ2n) is 5.89. The number of rotatable bonds is 3. The number of benzene rings is 3. The van der Waals surface area contributed by atoms with Crippen LogP contribution in [-0.2, 0) is 0 Å². The fourth-order valence-electron chi connectivity index (χ4n) is 2.90. The van der Waals surface area contributed by atoms with Crippen LogP contribution >= 0.6 is 23.2 Å². The van der Waals surface area contributed by atoms with Crippen LogP contribution in [0.1, 0.15) is 0 Å². The fraction of sp³-hybridized carbons (Fsp3) is 0. The lowest BCUT2D eigenvalue weighted by Crippen LogP contribution is -1.93. The number of nitrogen functional groups attached to an aromatic ring is 1. The van der Waals surface area contributed by atoms with Crippen LogP contribution in [0.15, 0.2) is 72.8 Å². The average molecular weight is 380 g/mol. The maximum Gasteiger partial charge on any atom is 0.140 e. The van der Waals surface area contributed by atoms with E-state index in [1.54, 1.807) is 12.1 Å². The van der Waals surface area contributed by atoms with Crippen molar-refractivity contribution in [2.24, 2.45) is 0 Å². The Morgan fingerprint density at radius 3 is 2.08 bits per heavy atom. The van der Waals surface area contributed by atoms with Gasteiger partial charge in [-0.25, -0.2) is 4.98 Å². The van der Waals surface area contributed by atoms with E-state index < -0.39 is 0 Å². The Morgan fingerprint density at radius 2 is 1.42 bits per heavy atom. The monoisotopic (exact) mass is 379 g/mol. The molecule has 1 heterocycles. The Bertz CT molecular complexity index is 1000. The van der Waals surface area contributed by atoms with Crippen molar-refractivity contribution in [2.75, 3.05) is 5.73 Å². The Hall–Kier alpha value is -2.75. The van der Waals surface area contributed by atoms with Gasteiger partial charge in [0.05, 0.1) is 22.1 Å². The number of H-pyrrole nitrogens is 1. The van der Waals surface area contributed by atoms with Gasteiger partial charge in [0.2, 0.25) is 0 Å². The van der Waals surface area contributed by atoms with Crippen LogP contribution < -0.4 is 5.73 Å². The van der Waals surface area contributed by atoms with Crippen LogP contribution in [0.2, 0.25) is 10.0 Å². The van der Waals surface area contributed by atoms with E-state index in [1.807, 2.05) is 60.7 Å². The van der Waals surface area contributed by atoms with Crippen LogP contribution in [0, 0.1) is 0 Å². The van der Waals surface area contributed by atoms with Gasteiger partial charge in [0.1, 0.15) is 5.82 Å². The predicted molar refractivity (Wildman–Crippen MR) is 109 cm³/mol. The lowest BCUT2D eigenvalue weighted by molar-refractivity contribution is 1.31. The van der Waals surface area contributed by atoms with Crippen molar-refractivity contribution in [3.63, 3.8) is 0 Å². The SMILES string of the molecule is Nc1c(Cl)cc(Cl)cc1-c1nc(-c2ccccc2)c(-c2ccccc2)[nH]1. The van der Waals surface area contributed by atoms with Gasteiger partial charge in [0, 0.05) is 21.7 Å². The number of hydrogen-bond acceptors (Lipinski definition) is 2. The smallest absolute Gasteiger partial charge is 0.140 e. The molecule has 0 atom stereocenters. The summed E-state index contributed by atoms with van der Waals surface area (Å²) in [5.74, 6) is 0.629. The summed E-state index contributed by atoms with van der Waals surface area (Å²) in [6.07, 6.45) is 0. The van der Waals surface area contributed by atoms with Gasteiger partial charge in [-0.15, -0.1) is 0 Å². The predicted octanol–water partition coefficient (Wildman–Crippen LogP) is 6.30. The van der Waals surface area contributed by atoms with E-state index in [-0.39, 0.29) is 0 Å². The molecule has 4 aromatic rings. The summed E-state index contributed by atoms with van der Waals surface area (Å²) in [5.41, 5.74) is 11.1. The normalized spacial score (nSPS) is 10.8. The summed E-state index contributed by atoms with van der Waals surface area (Å²) in [6, 6.07) is 23.5. The molecular formula is C21H15Cl2N3. The highest BCUT2D eigenvalue weighted by molar-refractivity contribution is 6.37. The summed E-state index contributed by atoms with van der Waals surface area (Å²) in [7, 11) is 0. The van der Waals surface area contributed by atoms with Gasteiger partial charge in [-0.05, 0) is 12.1 Å². The van der Waals surface area contributed by atoms with Crippen LogP contribution in [0.5, 0.6) is 0 Å². The number of nitrogens with one attached hydrogen (secondary N) is 1. The third kappa shape index (κ3) is 3.07. The number of anilines is 1. The standard InChI is InChI=1S/C21H15Cl2N3/c22-15-11-16(18(24)17(23)12-15)21-25-19(13-7-3-1-4-8-13)20(26-21)14-9-5-2-6-10-14/h1-12H,24H2,(H,25,26). The molecule has 0 saturated heterocycles. The summed E-state index contributed by atoms with van der Waals surface area (Å²) in [6.45, 7) is 0. The fourth-order valence-corrected chi connectivity index (χ4v) is 3.39. The van der Waals surface area contributed by atoms with E-state index in [2.05, 4.69) is 4.98 Å². The molecule has 3 N–H and O–H groups in total. The molecule has 128 valence electrons. The molecule has 0 aliphatic carbocycles. The number of hydrogen-bond donors (Lipinski definition) is 2. The lowest BCUT2D eigenvalue weighted by Gasteiger charge is -2.05.